The fraction of sp³-hybridized carbons (Fsp3) is 0.455. The minimum absolute atomic E-state index is 0.700. The van der Waals surface area contributed by atoms with E-state index in [2.05, 4.69) is 6.58 Å². The Morgan fingerprint density at radius 1 is 1.50 bits per heavy atom. The van der Waals surface area contributed by atoms with Crippen molar-refractivity contribution < 1.29 is 5.11 Å². The lowest BCUT2D eigenvalue weighted by molar-refractivity contribution is 0.133. The molecule has 0 aliphatic carbocycles. The Hall–Kier alpha value is -0.820. The van der Waals surface area contributed by atoms with E-state index in [1.807, 2.05) is 19.1 Å². The Morgan fingerprint density at radius 3 is 2.50 bits per heavy atom. The predicted molar refractivity (Wildman–Crippen MR) is 54.0 cm³/mol. The maximum atomic E-state index is 9.33. The molecule has 0 radical (unpaired) electrons. The van der Waals surface area contributed by atoms with Crippen LogP contribution in [0.1, 0.15) is 27.2 Å². The van der Waals surface area contributed by atoms with Crippen LogP contribution >= 0.6 is 0 Å². The Labute approximate surface area is 75.1 Å². The molecule has 0 rings (SSSR count). The molecule has 1 nitrogen and oxygen atoms in total. The highest BCUT2D eigenvalue weighted by Crippen LogP contribution is 2.06. The molecule has 0 aliphatic rings. The van der Waals surface area contributed by atoms with E-state index in [0.29, 0.717) is 0 Å². The molecule has 1 heteroatoms. The second-order valence-corrected chi connectivity index (χ2v) is 3.51. The minimum Gasteiger partial charge on any atom is -0.386 e. The molecular formula is C11H18O. The third-order valence-corrected chi connectivity index (χ3v) is 1.37. The van der Waals surface area contributed by atoms with Crippen LogP contribution in [-0.2, 0) is 0 Å². The summed E-state index contributed by atoms with van der Waals surface area (Å²) in [4.78, 5) is 0. The Kier molecular flexibility index (Phi) is 4.60. The van der Waals surface area contributed by atoms with Crippen molar-refractivity contribution in [2.75, 3.05) is 0 Å². The van der Waals surface area contributed by atoms with E-state index in [-0.39, 0.29) is 0 Å². The summed E-state index contributed by atoms with van der Waals surface area (Å²) < 4.78 is 0. The molecule has 0 aromatic heterocycles. The summed E-state index contributed by atoms with van der Waals surface area (Å²) in [6, 6.07) is 0. The first-order valence-electron chi connectivity index (χ1n) is 4.14. The second-order valence-electron chi connectivity index (χ2n) is 3.51. The average molecular weight is 166 g/mol. The van der Waals surface area contributed by atoms with Crippen molar-refractivity contribution in [2.24, 2.45) is 0 Å². The van der Waals surface area contributed by atoms with Gasteiger partial charge in [0.2, 0.25) is 0 Å². The highest BCUT2D eigenvalue weighted by Gasteiger charge is 2.04. The van der Waals surface area contributed by atoms with Gasteiger partial charge in [-0.2, -0.15) is 0 Å². The monoisotopic (exact) mass is 166 g/mol. The number of rotatable bonds is 4. The fourth-order valence-electron chi connectivity index (χ4n) is 0.802. The molecule has 12 heavy (non-hydrogen) atoms. The Bertz CT molecular complexity index is 192. The van der Waals surface area contributed by atoms with Crippen LogP contribution in [0.3, 0.4) is 0 Å². The molecule has 0 aliphatic heterocycles. The van der Waals surface area contributed by atoms with Gasteiger partial charge in [-0.3, -0.25) is 0 Å². The third kappa shape index (κ3) is 7.29. The van der Waals surface area contributed by atoms with Crippen LogP contribution in [0.15, 0.2) is 36.5 Å². The first-order chi connectivity index (χ1) is 5.45. The fourth-order valence-corrected chi connectivity index (χ4v) is 0.802. The standard InChI is InChI=1S/C11H18O/c1-5-7-10(2)8-6-9-11(3,4)12/h5-7,9,12H,1,8H2,2-4H3/b9-6+,10-7+. The topological polar surface area (TPSA) is 20.2 Å². The summed E-state index contributed by atoms with van der Waals surface area (Å²) in [7, 11) is 0. The molecule has 0 heterocycles. The van der Waals surface area contributed by atoms with Gasteiger partial charge < -0.3 is 5.11 Å². The SMILES string of the molecule is C=C/C=C(\C)C/C=C/C(C)(C)O. The van der Waals surface area contributed by atoms with E-state index in [1.54, 1.807) is 26.0 Å². The van der Waals surface area contributed by atoms with E-state index < -0.39 is 5.60 Å². The largest absolute Gasteiger partial charge is 0.386 e. The summed E-state index contributed by atoms with van der Waals surface area (Å²) in [5, 5.41) is 9.33. The summed E-state index contributed by atoms with van der Waals surface area (Å²) in [6.45, 7) is 9.17. The minimum atomic E-state index is -0.700. The first-order valence-corrected chi connectivity index (χ1v) is 4.14. The summed E-state index contributed by atoms with van der Waals surface area (Å²) in [5.74, 6) is 0. The predicted octanol–water partition coefficient (Wildman–Crippen LogP) is 2.84. The molecule has 0 aromatic rings. The van der Waals surface area contributed by atoms with Crippen molar-refractivity contribution in [3.63, 3.8) is 0 Å². The van der Waals surface area contributed by atoms with Gasteiger partial charge in [0.15, 0.2) is 0 Å². The molecule has 0 aromatic carbocycles. The molecule has 0 saturated heterocycles. The maximum absolute atomic E-state index is 9.33. The zero-order valence-electron chi connectivity index (χ0n) is 8.17. The molecule has 0 saturated carbocycles. The molecule has 0 amide bonds. The van der Waals surface area contributed by atoms with Crippen LogP contribution in [0.4, 0.5) is 0 Å². The van der Waals surface area contributed by atoms with Crippen molar-refractivity contribution in [3.8, 4) is 0 Å². The maximum Gasteiger partial charge on any atom is 0.0771 e. The van der Waals surface area contributed by atoms with Crippen molar-refractivity contribution >= 4 is 0 Å². The zero-order chi connectivity index (χ0) is 9.61. The van der Waals surface area contributed by atoms with Crippen LogP contribution in [0, 0.1) is 0 Å². The molecule has 0 fully saturated rings. The van der Waals surface area contributed by atoms with Crippen molar-refractivity contribution in [1.82, 2.24) is 0 Å². The smallest absolute Gasteiger partial charge is 0.0771 e. The van der Waals surface area contributed by atoms with Crippen molar-refractivity contribution in [1.29, 1.82) is 0 Å². The lowest BCUT2D eigenvalue weighted by Gasteiger charge is -2.09. The highest BCUT2D eigenvalue weighted by molar-refractivity contribution is 5.12. The normalized spacial score (nSPS) is 13.8. The molecule has 1 N–H and O–H groups in total. The zero-order valence-corrected chi connectivity index (χ0v) is 8.17. The van der Waals surface area contributed by atoms with E-state index in [1.165, 1.54) is 5.57 Å². The number of hydrogen-bond acceptors (Lipinski definition) is 1. The van der Waals surface area contributed by atoms with Crippen LogP contribution < -0.4 is 0 Å². The van der Waals surface area contributed by atoms with Gasteiger partial charge in [0.1, 0.15) is 0 Å². The van der Waals surface area contributed by atoms with E-state index in [4.69, 9.17) is 0 Å². The summed E-state index contributed by atoms with van der Waals surface area (Å²) in [5.41, 5.74) is 0.541. The van der Waals surface area contributed by atoms with E-state index in [0.717, 1.165) is 6.42 Å². The molecule has 0 bridgehead atoms. The molecular weight excluding hydrogens is 148 g/mol. The molecule has 0 unspecified atom stereocenters. The van der Waals surface area contributed by atoms with Crippen LogP contribution in [0.25, 0.3) is 0 Å². The lowest BCUT2D eigenvalue weighted by atomic mass is 10.1. The first kappa shape index (κ1) is 11.2. The van der Waals surface area contributed by atoms with Crippen molar-refractivity contribution in [2.45, 2.75) is 32.8 Å². The number of aliphatic hydroxyl groups is 1. The van der Waals surface area contributed by atoms with E-state index >= 15 is 0 Å². The van der Waals surface area contributed by atoms with E-state index in [9.17, 15) is 5.11 Å². The van der Waals surface area contributed by atoms with Crippen LogP contribution in [0.2, 0.25) is 0 Å². The number of allylic oxidation sites excluding steroid dienone is 4. The summed E-state index contributed by atoms with van der Waals surface area (Å²) >= 11 is 0. The molecule has 68 valence electrons. The average Bonchev–Trinajstić information content (AvgIpc) is 1.84. The van der Waals surface area contributed by atoms with Crippen LogP contribution in [0.5, 0.6) is 0 Å². The third-order valence-electron chi connectivity index (χ3n) is 1.37. The lowest BCUT2D eigenvalue weighted by Crippen LogP contribution is -2.13. The second kappa shape index (κ2) is 4.94. The van der Waals surface area contributed by atoms with Gasteiger partial charge in [-0.15, -0.1) is 0 Å². The quantitative estimate of drug-likeness (QED) is 0.503. The van der Waals surface area contributed by atoms with Gasteiger partial charge in [-0.1, -0.05) is 36.5 Å². The Morgan fingerprint density at radius 2 is 2.08 bits per heavy atom. The highest BCUT2D eigenvalue weighted by atomic mass is 16.3. The number of hydrogen-bond donors (Lipinski definition) is 1. The molecule has 0 atom stereocenters. The van der Waals surface area contributed by atoms with Gasteiger partial charge in [0, 0.05) is 0 Å². The summed E-state index contributed by atoms with van der Waals surface area (Å²) in [6.07, 6.45) is 8.38. The van der Waals surface area contributed by atoms with Crippen LogP contribution in [-0.4, -0.2) is 10.7 Å². The van der Waals surface area contributed by atoms with Crippen molar-refractivity contribution in [3.05, 3.63) is 36.5 Å². The van der Waals surface area contributed by atoms with Gasteiger partial charge >= 0.3 is 0 Å². The Balaban J connectivity index is 3.91. The van der Waals surface area contributed by atoms with Gasteiger partial charge in [0.25, 0.3) is 0 Å². The van der Waals surface area contributed by atoms with Gasteiger partial charge in [-0.25, -0.2) is 0 Å². The van der Waals surface area contributed by atoms with Gasteiger partial charge in [-0.05, 0) is 27.2 Å². The molecule has 0 spiro atoms. The van der Waals surface area contributed by atoms with Gasteiger partial charge in [0.05, 0.1) is 5.60 Å².